The summed E-state index contributed by atoms with van der Waals surface area (Å²) in [4.78, 5) is 14.5. The molecule has 0 saturated carbocycles. The molecule has 23 heavy (non-hydrogen) atoms. The van der Waals surface area contributed by atoms with Crippen LogP contribution in [-0.2, 0) is 11.2 Å². The number of nitrogens with zero attached hydrogens (tertiary/aromatic N) is 1. The topological polar surface area (TPSA) is 20.3 Å². The molecular weight excluding hydrogens is 289 g/mol. The van der Waals surface area contributed by atoms with Crippen LogP contribution in [0.3, 0.4) is 0 Å². The maximum absolute atomic E-state index is 13.1. The first kappa shape index (κ1) is 15.7. The third-order valence-corrected chi connectivity index (χ3v) is 4.58. The van der Waals surface area contributed by atoms with Crippen LogP contribution in [0.4, 0.5) is 4.39 Å². The number of hydrogen-bond donors (Lipinski definition) is 0. The quantitative estimate of drug-likeness (QED) is 0.818. The van der Waals surface area contributed by atoms with Crippen LogP contribution in [0.1, 0.15) is 42.0 Å². The molecule has 1 fully saturated rings. The van der Waals surface area contributed by atoms with Gasteiger partial charge in [-0.1, -0.05) is 42.0 Å². The molecule has 1 amide bonds. The lowest BCUT2D eigenvalue weighted by Gasteiger charge is -2.25. The van der Waals surface area contributed by atoms with Crippen LogP contribution in [0.15, 0.2) is 48.5 Å². The molecule has 0 N–H and O–H groups in total. The first-order valence-corrected chi connectivity index (χ1v) is 8.24. The Morgan fingerprint density at radius 2 is 1.83 bits per heavy atom. The highest BCUT2D eigenvalue weighted by molar-refractivity contribution is 5.77. The van der Waals surface area contributed by atoms with E-state index in [1.807, 2.05) is 4.90 Å². The highest BCUT2D eigenvalue weighted by Crippen LogP contribution is 2.32. The van der Waals surface area contributed by atoms with Crippen LogP contribution >= 0.6 is 0 Å². The lowest BCUT2D eigenvalue weighted by Crippen LogP contribution is -2.30. The van der Waals surface area contributed by atoms with E-state index in [0.29, 0.717) is 6.42 Å². The normalized spacial score (nSPS) is 17.5. The van der Waals surface area contributed by atoms with E-state index < -0.39 is 0 Å². The van der Waals surface area contributed by atoms with E-state index in [9.17, 15) is 9.18 Å². The minimum atomic E-state index is -0.232. The van der Waals surface area contributed by atoms with Crippen LogP contribution in [0.2, 0.25) is 0 Å². The molecule has 0 bridgehead atoms. The third kappa shape index (κ3) is 3.79. The smallest absolute Gasteiger partial charge is 0.223 e. The van der Waals surface area contributed by atoms with Crippen molar-refractivity contribution in [3.05, 3.63) is 71.0 Å². The van der Waals surface area contributed by atoms with Gasteiger partial charge in [-0.2, -0.15) is 0 Å². The van der Waals surface area contributed by atoms with Crippen molar-refractivity contribution in [1.82, 2.24) is 4.90 Å². The molecular formula is C20H22FNO. The Bertz CT molecular complexity index is 663. The molecule has 120 valence electrons. The maximum Gasteiger partial charge on any atom is 0.223 e. The van der Waals surface area contributed by atoms with Gasteiger partial charge in [-0.3, -0.25) is 4.79 Å². The second-order valence-electron chi connectivity index (χ2n) is 6.28. The number of rotatable bonds is 4. The molecule has 0 radical (unpaired) electrons. The number of carbonyl (C=O) groups excluding carboxylic acids is 1. The Hall–Kier alpha value is -2.16. The van der Waals surface area contributed by atoms with Crippen molar-refractivity contribution in [1.29, 1.82) is 0 Å². The van der Waals surface area contributed by atoms with Gasteiger partial charge in [-0.05, 0) is 49.4 Å². The van der Waals surface area contributed by atoms with E-state index in [4.69, 9.17) is 0 Å². The maximum atomic E-state index is 13.1. The molecule has 1 aliphatic heterocycles. The Morgan fingerprint density at radius 1 is 1.13 bits per heavy atom. The number of likely N-dealkylation sites (tertiary alicyclic amines) is 1. The van der Waals surface area contributed by atoms with Crippen LogP contribution < -0.4 is 0 Å². The van der Waals surface area contributed by atoms with Gasteiger partial charge in [0.1, 0.15) is 5.82 Å². The lowest BCUT2D eigenvalue weighted by molar-refractivity contribution is -0.132. The highest BCUT2D eigenvalue weighted by Gasteiger charge is 2.29. The number of aryl methyl sites for hydroxylation is 2. The summed E-state index contributed by atoms with van der Waals surface area (Å²) in [6.07, 6.45) is 3.27. The molecule has 2 aromatic rings. The summed E-state index contributed by atoms with van der Waals surface area (Å²) in [5.41, 5.74) is 3.46. The zero-order valence-electron chi connectivity index (χ0n) is 13.5. The summed E-state index contributed by atoms with van der Waals surface area (Å²) in [6.45, 7) is 2.86. The SMILES string of the molecule is Cc1ccc(CCC(=O)N2CCCC2c2ccc(F)cc2)cc1. The van der Waals surface area contributed by atoms with Crippen molar-refractivity contribution < 1.29 is 9.18 Å². The lowest BCUT2D eigenvalue weighted by atomic mass is 10.0. The molecule has 1 aliphatic rings. The molecule has 2 aromatic carbocycles. The van der Waals surface area contributed by atoms with Crippen molar-refractivity contribution in [2.75, 3.05) is 6.54 Å². The summed E-state index contributed by atoms with van der Waals surface area (Å²) in [6, 6.07) is 15.0. The predicted molar refractivity (Wildman–Crippen MR) is 89.6 cm³/mol. The Balaban J connectivity index is 1.63. The zero-order valence-corrected chi connectivity index (χ0v) is 13.5. The first-order chi connectivity index (χ1) is 11.1. The first-order valence-electron chi connectivity index (χ1n) is 8.24. The van der Waals surface area contributed by atoms with E-state index >= 15 is 0 Å². The van der Waals surface area contributed by atoms with Gasteiger partial charge in [-0.15, -0.1) is 0 Å². The van der Waals surface area contributed by atoms with Gasteiger partial charge in [0.25, 0.3) is 0 Å². The van der Waals surface area contributed by atoms with Gasteiger partial charge < -0.3 is 4.90 Å². The Kier molecular flexibility index (Phi) is 4.75. The van der Waals surface area contributed by atoms with E-state index in [0.717, 1.165) is 31.4 Å². The molecule has 0 aromatic heterocycles. The largest absolute Gasteiger partial charge is 0.336 e. The highest BCUT2D eigenvalue weighted by atomic mass is 19.1. The third-order valence-electron chi connectivity index (χ3n) is 4.58. The molecule has 3 heteroatoms. The van der Waals surface area contributed by atoms with E-state index in [-0.39, 0.29) is 17.8 Å². The van der Waals surface area contributed by atoms with Crippen molar-refractivity contribution in [2.45, 2.75) is 38.6 Å². The number of carbonyl (C=O) groups is 1. The molecule has 1 saturated heterocycles. The molecule has 0 spiro atoms. The van der Waals surface area contributed by atoms with Crippen LogP contribution in [0, 0.1) is 12.7 Å². The molecule has 3 rings (SSSR count). The van der Waals surface area contributed by atoms with Crippen molar-refractivity contribution >= 4 is 5.91 Å². The van der Waals surface area contributed by atoms with E-state index in [1.54, 1.807) is 12.1 Å². The van der Waals surface area contributed by atoms with Crippen LogP contribution in [-0.4, -0.2) is 17.4 Å². The standard InChI is InChI=1S/C20H22FNO/c1-15-4-6-16(7-5-15)8-13-20(23)22-14-2-3-19(22)17-9-11-18(21)12-10-17/h4-7,9-12,19H,2-3,8,13-14H2,1H3. The summed E-state index contributed by atoms with van der Waals surface area (Å²) in [5.74, 6) is -0.0404. The van der Waals surface area contributed by atoms with Gasteiger partial charge in [0.2, 0.25) is 5.91 Å². The fourth-order valence-corrected chi connectivity index (χ4v) is 3.25. The summed E-state index contributed by atoms with van der Waals surface area (Å²) in [7, 11) is 0. The predicted octanol–water partition coefficient (Wildman–Crippen LogP) is 4.43. The van der Waals surface area contributed by atoms with Gasteiger partial charge >= 0.3 is 0 Å². The number of hydrogen-bond acceptors (Lipinski definition) is 1. The summed E-state index contributed by atoms with van der Waals surface area (Å²) >= 11 is 0. The number of halogens is 1. The molecule has 1 heterocycles. The second kappa shape index (κ2) is 6.95. The minimum Gasteiger partial charge on any atom is -0.336 e. The van der Waals surface area contributed by atoms with Crippen molar-refractivity contribution in [3.63, 3.8) is 0 Å². The van der Waals surface area contributed by atoms with Crippen LogP contribution in [0.25, 0.3) is 0 Å². The zero-order chi connectivity index (χ0) is 16.2. The number of amides is 1. The molecule has 0 aliphatic carbocycles. The van der Waals surface area contributed by atoms with Crippen LogP contribution in [0.5, 0.6) is 0 Å². The molecule has 1 unspecified atom stereocenters. The second-order valence-corrected chi connectivity index (χ2v) is 6.28. The van der Waals surface area contributed by atoms with Gasteiger partial charge in [0.15, 0.2) is 0 Å². The Labute approximate surface area is 136 Å². The van der Waals surface area contributed by atoms with Gasteiger partial charge in [0, 0.05) is 13.0 Å². The molecule has 1 atom stereocenters. The van der Waals surface area contributed by atoms with Crippen molar-refractivity contribution in [3.8, 4) is 0 Å². The average Bonchev–Trinajstić information content (AvgIpc) is 3.04. The Morgan fingerprint density at radius 3 is 2.52 bits per heavy atom. The van der Waals surface area contributed by atoms with E-state index in [2.05, 4.69) is 31.2 Å². The van der Waals surface area contributed by atoms with Gasteiger partial charge in [0.05, 0.1) is 6.04 Å². The van der Waals surface area contributed by atoms with E-state index in [1.165, 1.54) is 23.3 Å². The minimum absolute atomic E-state index is 0.0983. The number of benzene rings is 2. The fourth-order valence-electron chi connectivity index (χ4n) is 3.25. The van der Waals surface area contributed by atoms with Gasteiger partial charge in [-0.25, -0.2) is 4.39 Å². The summed E-state index contributed by atoms with van der Waals surface area (Å²) < 4.78 is 13.1. The fraction of sp³-hybridized carbons (Fsp3) is 0.350. The molecule has 2 nitrogen and oxygen atoms in total. The van der Waals surface area contributed by atoms with Crippen molar-refractivity contribution in [2.24, 2.45) is 0 Å². The average molecular weight is 311 g/mol. The monoisotopic (exact) mass is 311 g/mol. The summed E-state index contributed by atoms with van der Waals surface area (Å²) in [5, 5.41) is 0.